The van der Waals surface area contributed by atoms with E-state index in [1.165, 1.54) is 0 Å². The molecule has 1 aromatic rings. The number of nitrogens with two attached hydrogens (primary N) is 1. The Morgan fingerprint density at radius 3 is 2.75 bits per heavy atom. The van der Waals surface area contributed by atoms with Crippen LogP contribution in [-0.4, -0.2) is 16.0 Å². The maximum Gasteiger partial charge on any atom is 0.289 e. The van der Waals surface area contributed by atoms with Crippen LogP contribution in [0.25, 0.3) is 0 Å². The van der Waals surface area contributed by atoms with Gasteiger partial charge in [0.15, 0.2) is 0 Å². The lowest BCUT2D eigenvalue weighted by atomic mass is 10.4. The van der Waals surface area contributed by atoms with Crippen molar-refractivity contribution < 1.29 is 4.79 Å². The summed E-state index contributed by atoms with van der Waals surface area (Å²) >= 11 is 2.99. The predicted octanol–water partition coefficient (Wildman–Crippen LogP) is -0.0653. The summed E-state index contributed by atoms with van der Waals surface area (Å²) in [6.07, 6.45) is 0.502. The molecule has 0 spiro atoms. The average molecular weight is 232 g/mol. The van der Waals surface area contributed by atoms with E-state index in [9.17, 15) is 9.59 Å². The highest BCUT2D eigenvalue weighted by Gasteiger charge is 2.08. The first-order chi connectivity index (χ1) is 5.57. The lowest BCUT2D eigenvalue weighted by Gasteiger charge is -2.05. The van der Waals surface area contributed by atoms with Gasteiger partial charge in [-0.3, -0.25) is 14.2 Å². The van der Waals surface area contributed by atoms with Gasteiger partial charge < -0.3 is 5.73 Å². The summed E-state index contributed by atoms with van der Waals surface area (Å²) in [5.41, 5.74) is 5.28. The van der Waals surface area contributed by atoms with Crippen molar-refractivity contribution in [2.45, 2.75) is 6.92 Å². The Morgan fingerprint density at radius 1 is 1.67 bits per heavy atom. The van der Waals surface area contributed by atoms with Crippen molar-refractivity contribution in [3.05, 3.63) is 20.5 Å². The minimum Gasteiger partial charge on any atom is -0.369 e. The number of hydrogen-bond acceptors (Lipinski definition) is 4. The Morgan fingerprint density at radius 2 is 2.25 bits per heavy atom. The molecule has 1 rings (SSSR count). The van der Waals surface area contributed by atoms with Crippen LogP contribution in [0.4, 0.5) is 5.95 Å². The molecule has 0 unspecified atom stereocenters. The van der Waals surface area contributed by atoms with Gasteiger partial charge in [-0.15, -0.1) is 0 Å². The van der Waals surface area contributed by atoms with E-state index >= 15 is 0 Å². The Balaban J connectivity index is 3.62. The molecule has 1 heterocycles. The highest BCUT2D eigenvalue weighted by atomic mass is 79.9. The molecule has 64 valence electrons. The average Bonchev–Trinajstić information content (AvgIpc) is 2.01. The van der Waals surface area contributed by atoms with Gasteiger partial charge >= 0.3 is 0 Å². The van der Waals surface area contributed by atoms with E-state index in [2.05, 4.69) is 20.9 Å². The van der Waals surface area contributed by atoms with Crippen LogP contribution < -0.4 is 11.3 Å². The van der Waals surface area contributed by atoms with E-state index in [0.29, 0.717) is 12.1 Å². The third-order valence-corrected chi connectivity index (χ3v) is 2.35. The van der Waals surface area contributed by atoms with Gasteiger partial charge in [0.25, 0.3) is 5.56 Å². The SMILES string of the molecule is Cc1c(Br)c(=O)nc(N)n1C=O. The number of halogens is 1. The highest BCUT2D eigenvalue weighted by molar-refractivity contribution is 9.10. The van der Waals surface area contributed by atoms with Gasteiger partial charge in [0.05, 0.1) is 0 Å². The summed E-state index contributed by atoms with van der Waals surface area (Å²) in [4.78, 5) is 24.8. The molecule has 0 saturated carbocycles. The van der Waals surface area contributed by atoms with Gasteiger partial charge in [-0.1, -0.05) is 0 Å². The number of carbonyl (C=O) groups is 1. The van der Waals surface area contributed by atoms with E-state index in [1.807, 2.05) is 0 Å². The first-order valence-electron chi connectivity index (χ1n) is 3.07. The molecule has 0 saturated heterocycles. The number of aromatic nitrogens is 2. The third-order valence-electron chi connectivity index (χ3n) is 1.44. The van der Waals surface area contributed by atoms with Crippen LogP contribution in [0.15, 0.2) is 9.27 Å². The molecule has 0 radical (unpaired) electrons. The van der Waals surface area contributed by atoms with Gasteiger partial charge in [0, 0.05) is 5.69 Å². The molecule has 0 bridgehead atoms. The van der Waals surface area contributed by atoms with Gasteiger partial charge in [0.1, 0.15) is 4.47 Å². The van der Waals surface area contributed by atoms with Crippen molar-refractivity contribution in [2.24, 2.45) is 0 Å². The number of anilines is 1. The van der Waals surface area contributed by atoms with E-state index in [4.69, 9.17) is 5.73 Å². The van der Waals surface area contributed by atoms with Crippen LogP contribution >= 0.6 is 15.9 Å². The number of nitrogen functional groups attached to an aromatic ring is 1. The summed E-state index contributed by atoms with van der Waals surface area (Å²) in [5.74, 6) is -0.101. The molecular formula is C6H6BrN3O2. The standard InChI is InChI=1S/C6H6BrN3O2/c1-3-4(7)5(12)9-6(8)10(3)2-11/h2H,1H3,(H2,8,9,12). The summed E-state index contributed by atoms with van der Waals surface area (Å²) in [6, 6.07) is 0. The summed E-state index contributed by atoms with van der Waals surface area (Å²) < 4.78 is 1.34. The maximum absolute atomic E-state index is 11.0. The third kappa shape index (κ3) is 1.25. The highest BCUT2D eigenvalue weighted by Crippen LogP contribution is 2.10. The van der Waals surface area contributed by atoms with E-state index < -0.39 is 5.56 Å². The van der Waals surface area contributed by atoms with Crippen LogP contribution in [0, 0.1) is 6.92 Å². The molecule has 0 fully saturated rings. The molecule has 12 heavy (non-hydrogen) atoms. The molecule has 0 aliphatic carbocycles. The fourth-order valence-electron chi connectivity index (χ4n) is 0.772. The molecule has 0 atom stereocenters. The molecular weight excluding hydrogens is 226 g/mol. The number of nitrogens with zero attached hydrogens (tertiary/aromatic N) is 2. The summed E-state index contributed by atoms with van der Waals surface area (Å²) in [6.45, 7) is 1.60. The van der Waals surface area contributed by atoms with Crippen LogP contribution in [0.2, 0.25) is 0 Å². The van der Waals surface area contributed by atoms with Crippen molar-refractivity contribution in [3.8, 4) is 0 Å². The van der Waals surface area contributed by atoms with Crippen molar-refractivity contribution >= 4 is 28.3 Å². The Hall–Kier alpha value is -1.17. The van der Waals surface area contributed by atoms with Crippen molar-refractivity contribution in [1.82, 2.24) is 9.55 Å². The van der Waals surface area contributed by atoms with Crippen molar-refractivity contribution in [2.75, 3.05) is 5.73 Å². The first kappa shape index (κ1) is 8.92. The normalized spacial score (nSPS) is 9.83. The molecule has 0 aliphatic rings. The second-order valence-electron chi connectivity index (χ2n) is 2.15. The number of rotatable bonds is 1. The second kappa shape index (κ2) is 3.06. The van der Waals surface area contributed by atoms with Gasteiger partial charge in [0.2, 0.25) is 12.4 Å². The van der Waals surface area contributed by atoms with Gasteiger partial charge in [-0.25, -0.2) is 0 Å². The molecule has 0 aromatic carbocycles. The monoisotopic (exact) mass is 231 g/mol. The quantitative estimate of drug-likeness (QED) is 0.687. The minimum absolute atomic E-state index is 0.101. The lowest BCUT2D eigenvalue weighted by Crippen LogP contribution is -2.20. The molecule has 0 amide bonds. The second-order valence-corrected chi connectivity index (χ2v) is 2.94. The molecule has 1 aromatic heterocycles. The topological polar surface area (TPSA) is 78.0 Å². The summed E-state index contributed by atoms with van der Waals surface area (Å²) in [7, 11) is 0. The van der Waals surface area contributed by atoms with Crippen LogP contribution in [0.5, 0.6) is 0 Å². The van der Waals surface area contributed by atoms with Crippen LogP contribution in [-0.2, 0) is 4.79 Å². The fourth-order valence-corrected chi connectivity index (χ4v) is 1.05. The maximum atomic E-state index is 11.0. The zero-order chi connectivity index (χ0) is 9.30. The van der Waals surface area contributed by atoms with Crippen molar-refractivity contribution in [3.63, 3.8) is 0 Å². The number of carbonyl (C=O) groups excluding carboxylic acids is 1. The molecule has 5 nitrogen and oxygen atoms in total. The zero-order valence-corrected chi connectivity index (χ0v) is 7.83. The Labute approximate surface area is 76.3 Å². The smallest absolute Gasteiger partial charge is 0.289 e. The minimum atomic E-state index is -0.469. The number of hydrogen-bond donors (Lipinski definition) is 1. The van der Waals surface area contributed by atoms with E-state index in [-0.39, 0.29) is 10.4 Å². The Bertz CT molecular complexity index is 385. The van der Waals surface area contributed by atoms with Crippen LogP contribution in [0.1, 0.15) is 5.69 Å². The van der Waals surface area contributed by atoms with E-state index in [0.717, 1.165) is 4.57 Å². The predicted molar refractivity (Wildman–Crippen MR) is 47.5 cm³/mol. The Kier molecular flexibility index (Phi) is 2.27. The first-order valence-corrected chi connectivity index (χ1v) is 3.86. The molecule has 0 aliphatic heterocycles. The van der Waals surface area contributed by atoms with Crippen LogP contribution in [0.3, 0.4) is 0 Å². The zero-order valence-electron chi connectivity index (χ0n) is 6.24. The fraction of sp³-hybridized carbons (Fsp3) is 0.167. The van der Waals surface area contributed by atoms with E-state index in [1.54, 1.807) is 6.92 Å². The van der Waals surface area contributed by atoms with Gasteiger partial charge in [-0.05, 0) is 22.9 Å². The molecule has 2 N–H and O–H groups in total. The van der Waals surface area contributed by atoms with Crippen molar-refractivity contribution in [1.29, 1.82) is 0 Å². The molecule has 6 heteroatoms. The largest absolute Gasteiger partial charge is 0.369 e. The lowest BCUT2D eigenvalue weighted by molar-refractivity contribution is 0.545. The summed E-state index contributed by atoms with van der Waals surface area (Å²) in [5, 5.41) is 0. The van der Waals surface area contributed by atoms with Gasteiger partial charge in [-0.2, -0.15) is 4.98 Å².